The second-order valence-corrected chi connectivity index (χ2v) is 5.06. The van der Waals surface area contributed by atoms with Crippen LogP contribution in [0.4, 0.5) is 0 Å². The Morgan fingerprint density at radius 3 is 2.18 bits per heavy atom. The van der Waals surface area contributed by atoms with E-state index in [0.29, 0.717) is 12.1 Å². The molecule has 0 bridgehead atoms. The summed E-state index contributed by atoms with van der Waals surface area (Å²) in [6.45, 7) is 9.84. The predicted molar refractivity (Wildman–Crippen MR) is 74.8 cm³/mol. The standard InChI is InChI=1S/C15H26N2/c1-5-15(16)13(4)17(12(2)3)11-14-9-7-6-8-10-14/h6-10,12-13,15H,5,11,16H2,1-4H3. The zero-order chi connectivity index (χ0) is 12.8. The number of rotatable bonds is 6. The van der Waals surface area contributed by atoms with E-state index in [2.05, 4.69) is 62.9 Å². The minimum atomic E-state index is 0.251. The highest BCUT2D eigenvalue weighted by Gasteiger charge is 2.21. The molecule has 0 amide bonds. The quantitative estimate of drug-likeness (QED) is 0.820. The third-order valence-electron chi connectivity index (χ3n) is 3.49. The van der Waals surface area contributed by atoms with E-state index in [4.69, 9.17) is 5.73 Å². The number of benzene rings is 1. The summed E-state index contributed by atoms with van der Waals surface area (Å²) in [6.07, 6.45) is 1.03. The topological polar surface area (TPSA) is 29.3 Å². The smallest absolute Gasteiger partial charge is 0.0239 e. The maximum atomic E-state index is 6.17. The molecule has 17 heavy (non-hydrogen) atoms. The SMILES string of the molecule is CCC(N)C(C)N(Cc1ccccc1)C(C)C. The molecule has 0 aliphatic rings. The van der Waals surface area contributed by atoms with Crippen molar-refractivity contribution >= 4 is 0 Å². The number of hydrogen-bond acceptors (Lipinski definition) is 2. The minimum Gasteiger partial charge on any atom is -0.326 e. The fraction of sp³-hybridized carbons (Fsp3) is 0.600. The van der Waals surface area contributed by atoms with E-state index < -0.39 is 0 Å². The van der Waals surface area contributed by atoms with Gasteiger partial charge in [-0.25, -0.2) is 0 Å². The van der Waals surface area contributed by atoms with E-state index >= 15 is 0 Å². The number of nitrogens with two attached hydrogens (primary N) is 1. The molecule has 1 rings (SSSR count). The average Bonchev–Trinajstić information content (AvgIpc) is 2.35. The van der Waals surface area contributed by atoms with Crippen LogP contribution >= 0.6 is 0 Å². The summed E-state index contributed by atoms with van der Waals surface area (Å²) in [7, 11) is 0. The lowest BCUT2D eigenvalue weighted by Crippen LogP contribution is -2.48. The third-order valence-corrected chi connectivity index (χ3v) is 3.49. The molecule has 1 aromatic rings. The highest BCUT2D eigenvalue weighted by molar-refractivity contribution is 5.14. The monoisotopic (exact) mass is 234 g/mol. The van der Waals surface area contributed by atoms with Gasteiger partial charge in [-0.1, -0.05) is 37.3 Å². The summed E-state index contributed by atoms with van der Waals surface area (Å²) in [6, 6.07) is 11.8. The molecule has 0 fully saturated rings. The first-order valence-corrected chi connectivity index (χ1v) is 6.61. The molecule has 0 aliphatic carbocycles. The predicted octanol–water partition coefficient (Wildman–Crippen LogP) is 3.02. The summed E-state index contributed by atoms with van der Waals surface area (Å²) < 4.78 is 0. The molecule has 0 heterocycles. The molecular formula is C15H26N2. The molecule has 0 aromatic heterocycles. The van der Waals surface area contributed by atoms with Crippen LogP contribution in [-0.4, -0.2) is 23.0 Å². The van der Waals surface area contributed by atoms with Gasteiger partial charge in [0.15, 0.2) is 0 Å². The van der Waals surface area contributed by atoms with Crippen LogP contribution < -0.4 is 5.73 Å². The number of nitrogens with zero attached hydrogens (tertiary/aromatic N) is 1. The van der Waals surface area contributed by atoms with Gasteiger partial charge in [-0.15, -0.1) is 0 Å². The molecule has 0 radical (unpaired) electrons. The van der Waals surface area contributed by atoms with Crippen molar-refractivity contribution in [2.75, 3.05) is 0 Å². The maximum Gasteiger partial charge on any atom is 0.0239 e. The first-order chi connectivity index (χ1) is 8.06. The molecule has 2 nitrogen and oxygen atoms in total. The van der Waals surface area contributed by atoms with Crippen molar-refractivity contribution in [2.45, 2.75) is 58.8 Å². The first-order valence-electron chi connectivity index (χ1n) is 6.61. The Morgan fingerprint density at radius 1 is 1.12 bits per heavy atom. The van der Waals surface area contributed by atoms with Crippen LogP contribution in [0.25, 0.3) is 0 Å². The van der Waals surface area contributed by atoms with Gasteiger partial charge in [0.2, 0.25) is 0 Å². The molecule has 0 saturated heterocycles. The fourth-order valence-electron chi connectivity index (χ4n) is 2.18. The van der Waals surface area contributed by atoms with Crippen molar-refractivity contribution in [1.82, 2.24) is 4.90 Å². The van der Waals surface area contributed by atoms with Crippen molar-refractivity contribution in [3.63, 3.8) is 0 Å². The highest BCUT2D eigenvalue weighted by Crippen LogP contribution is 2.14. The lowest BCUT2D eigenvalue weighted by Gasteiger charge is -2.36. The molecule has 2 atom stereocenters. The van der Waals surface area contributed by atoms with E-state index in [9.17, 15) is 0 Å². The summed E-state index contributed by atoms with van der Waals surface area (Å²) in [5.74, 6) is 0. The van der Waals surface area contributed by atoms with Crippen LogP contribution in [-0.2, 0) is 6.54 Å². The highest BCUT2D eigenvalue weighted by atomic mass is 15.2. The van der Waals surface area contributed by atoms with Crippen LogP contribution in [0.1, 0.15) is 39.7 Å². The van der Waals surface area contributed by atoms with Crippen LogP contribution in [0, 0.1) is 0 Å². The summed E-state index contributed by atoms with van der Waals surface area (Å²) in [4.78, 5) is 2.48. The van der Waals surface area contributed by atoms with E-state index in [1.807, 2.05) is 0 Å². The normalized spacial score (nSPS) is 15.2. The Balaban J connectivity index is 2.73. The molecule has 1 aromatic carbocycles. The summed E-state index contributed by atoms with van der Waals surface area (Å²) in [5, 5.41) is 0. The Hall–Kier alpha value is -0.860. The second kappa shape index (κ2) is 6.77. The first kappa shape index (κ1) is 14.2. The number of hydrogen-bond donors (Lipinski definition) is 1. The van der Waals surface area contributed by atoms with Crippen LogP contribution in [0.5, 0.6) is 0 Å². The molecule has 2 heteroatoms. The van der Waals surface area contributed by atoms with Crippen molar-refractivity contribution < 1.29 is 0 Å². The van der Waals surface area contributed by atoms with Gasteiger partial charge < -0.3 is 5.73 Å². The lowest BCUT2D eigenvalue weighted by atomic mass is 10.0. The van der Waals surface area contributed by atoms with E-state index in [1.165, 1.54) is 5.56 Å². The largest absolute Gasteiger partial charge is 0.326 e. The maximum absolute atomic E-state index is 6.17. The molecule has 2 N–H and O–H groups in total. The van der Waals surface area contributed by atoms with Gasteiger partial charge >= 0.3 is 0 Å². The molecule has 0 saturated carbocycles. The molecule has 2 unspecified atom stereocenters. The summed E-state index contributed by atoms with van der Waals surface area (Å²) >= 11 is 0. The van der Waals surface area contributed by atoms with Gasteiger partial charge in [-0.05, 0) is 32.8 Å². The van der Waals surface area contributed by atoms with Gasteiger partial charge in [0, 0.05) is 24.7 Å². The second-order valence-electron chi connectivity index (χ2n) is 5.06. The average molecular weight is 234 g/mol. The molecule has 0 spiro atoms. The Labute approximate surface area is 106 Å². The van der Waals surface area contributed by atoms with Crippen LogP contribution in [0.15, 0.2) is 30.3 Å². The van der Waals surface area contributed by atoms with Crippen LogP contribution in [0.2, 0.25) is 0 Å². The minimum absolute atomic E-state index is 0.251. The Bertz CT molecular complexity index is 308. The van der Waals surface area contributed by atoms with Crippen molar-refractivity contribution in [3.8, 4) is 0 Å². The van der Waals surface area contributed by atoms with E-state index in [1.54, 1.807) is 0 Å². The Morgan fingerprint density at radius 2 is 1.71 bits per heavy atom. The van der Waals surface area contributed by atoms with Crippen molar-refractivity contribution in [3.05, 3.63) is 35.9 Å². The van der Waals surface area contributed by atoms with Gasteiger partial charge in [0.25, 0.3) is 0 Å². The zero-order valence-corrected chi connectivity index (χ0v) is 11.6. The summed E-state index contributed by atoms with van der Waals surface area (Å²) in [5.41, 5.74) is 7.52. The molecule has 0 aliphatic heterocycles. The van der Waals surface area contributed by atoms with E-state index in [-0.39, 0.29) is 6.04 Å². The van der Waals surface area contributed by atoms with Gasteiger partial charge in [-0.3, -0.25) is 4.90 Å². The van der Waals surface area contributed by atoms with Crippen LogP contribution in [0.3, 0.4) is 0 Å². The van der Waals surface area contributed by atoms with Crippen molar-refractivity contribution in [2.24, 2.45) is 5.73 Å². The van der Waals surface area contributed by atoms with Gasteiger partial charge in [0.1, 0.15) is 0 Å². The van der Waals surface area contributed by atoms with Crippen molar-refractivity contribution in [1.29, 1.82) is 0 Å². The molecular weight excluding hydrogens is 208 g/mol. The van der Waals surface area contributed by atoms with Gasteiger partial charge in [-0.2, -0.15) is 0 Å². The zero-order valence-electron chi connectivity index (χ0n) is 11.6. The lowest BCUT2D eigenvalue weighted by molar-refractivity contribution is 0.133. The van der Waals surface area contributed by atoms with Gasteiger partial charge in [0.05, 0.1) is 0 Å². The third kappa shape index (κ3) is 4.14. The molecule has 96 valence electrons. The van der Waals surface area contributed by atoms with E-state index in [0.717, 1.165) is 13.0 Å². The fourth-order valence-corrected chi connectivity index (χ4v) is 2.18. The Kier molecular flexibility index (Phi) is 5.66.